The fourth-order valence-electron chi connectivity index (χ4n) is 2.04. The van der Waals surface area contributed by atoms with Gasteiger partial charge in [-0.25, -0.2) is 0 Å². The third-order valence-corrected chi connectivity index (χ3v) is 5.95. The molecular weight excluding hydrogens is 278 g/mol. The second kappa shape index (κ2) is 8.04. The highest BCUT2D eigenvalue weighted by atomic mass is 32.2. The fraction of sp³-hybridized carbons (Fsp3) is 0.571. The minimum absolute atomic E-state index is 0.0385. The van der Waals surface area contributed by atoms with Crippen LogP contribution in [0.3, 0.4) is 0 Å². The Kier molecular flexibility index (Phi) is 6.37. The van der Waals surface area contributed by atoms with E-state index < -0.39 is 0 Å². The van der Waals surface area contributed by atoms with E-state index in [2.05, 4.69) is 6.07 Å². The first-order chi connectivity index (χ1) is 9.33. The maximum atomic E-state index is 6.43. The van der Waals surface area contributed by atoms with E-state index in [9.17, 15) is 0 Å². The summed E-state index contributed by atoms with van der Waals surface area (Å²) >= 11 is 3.97. The smallest absolute Gasteiger partial charge is 0.124 e. The molecule has 106 valence electrons. The SMILES string of the molecule is COCCOc1ccccc1C(N)C1CSCCS1. The zero-order valence-electron chi connectivity index (χ0n) is 11.2. The first kappa shape index (κ1) is 15.0. The predicted molar refractivity (Wildman–Crippen MR) is 84.3 cm³/mol. The van der Waals surface area contributed by atoms with Crippen LogP contribution in [0.4, 0.5) is 0 Å². The van der Waals surface area contributed by atoms with Gasteiger partial charge in [-0.3, -0.25) is 0 Å². The molecule has 1 aliphatic heterocycles. The Hall–Kier alpha value is -0.360. The molecule has 2 rings (SSSR count). The summed E-state index contributed by atoms with van der Waals surface area (Å²) in [5.41, 5.74) is 7.54. The third-order valence-electron chi connectivity index (χ3n) is 3.07. The Morgan fingerprint density at radius 1 is 1.32 bits per heavy atom. The number of nitrogens with two attached hydrogens (primary N) is 1. The summed E-state index contributed by atoms with van der Waals surface area (Å²) in [6.07, 6.45) is 0. The second-order valence-electron chi connectivity index (χ2n) is 4.39. The van der Waals surface area contributed by atoms with Gasteiger partial charge in [0.05, 0.1) is 6.61 Å². The topological polar surface area (TPSA) is 44.5 Å². The van der Waals surface area contributed by atoms with Gasteiger partial charge in [-0.05, 0) is 6.07 Å². The first-order valence-electron chi connectivity index (χ1n) is 6.48. The van der Waals surface area contributed by atoms with Crippen LogP contribution in [0.1, 0.15) is 11.6 Å². The molecule has 3 nitrogen and oxygen atoms in total. The van der Waals surface area contributed by atoms with Crippen molar-refractivity contribution in [3.8, 4) is 5.75 Å². The molecular formula is C14H21NO2S2. The molecule has 5 heteroatoms. The highest BCUT2D eigenvalue weighted by Crippen LogP contribution is 2.35. The number of para-hydroxylation sites is 1. The van der Waals surface area contributed by atoms with Gasteiger partial charge in [-0.15, -0.1) is 0 Å². The van der Waals surface area contributed by atoms with Crippen LogP contribution in [0.25, 0.3) is 0 Å². The molecule has 1 aliphatic rings. The Bertz CT molecular complexity index is 383. The molecule has 2 N–H and O–H groups in total. The molecule has 1 saturated heterocycles. The average molecular weight is 299 g/mol. The zero-order chi connectivity index (χ0) is 13.5. The van der Waals surface area contributed by atoms with Crippen molar-refractivity contribution in [3.05, 3.63) is 29.8 Å². The number of hydrogen-bond acceptors (Lipinski definition) is 5. The lowest BCUT2D eigenvalue weighted by Crippen LogP contribution is -2.29. The highest BCUT2D eigenvalue weighted by Gasteiger charge is 2.24. The molecule has 1 heterocycles. The van der Waals surface area contributed by atoms with Crippen LogP contribution in [-0.2, 0) is 4.74 Å². The fourth-order valence-corrected chi connectivity index (χ4v) is 4.83. The highest BCUT2D eigenvalue weighted by molar-refractivity contribution is 8.06. The minimum Gasteiger partial charge on any atom is -0.491 e. The molecule has 1 fully saturated rings. The number of hydrogen-bond donors (Lipinski definition) is 1. The molecule has 2 atom stereocenters. The van der Waals surface area contributed by atoms with E-state index in [0.29, 0.717) is 18.5 Å². The monoisotopic (exact) mass is 299 g/mol. The Morgan fingerprint density at radius 2 is 2.16 bits per heavy atom. The van der Waals surface area contributed by atoms with Crippen molar-refractivity contribution in [1.29, 1.82) is 0 Å². The average Bonchev–Trinajstić information content (AvgIpc) is 2.48. The van der Waals surface area contributed by atoms with Gasteiger partial charge in [0.1, 0.15) is 12.4 Å². The molecule has 0 amide bonds. The van der Waals surface area contributed by atoms with Gasteiger partial charge in [-0.1, -0.05) is 18.2 Å². The third kappa shape index (κ3) is 4.31. The Balaban J connectivity index is 2.04. The maximum absolute atomic E-state index is 6.43. The molecule has 0 aliphatic carbocycles. The summed E-state index contributed by atoms with van der Waals surface area (Å²) in [5, 5.41) is 0.478. The van der Waals surface area contributed by atoms with Crippen molar-refractivity contribution in [1.82, 2.24) is 0 Å². The van der Waals surface area contributed by atoms with Crippen LogP contribution in [0.15, 0.2) is 24.3 Å². The normalized spacial score (nSPS) is 21.1. The maximum Gasteiger partial charge on any atom is 0.124 e. The van der Waals surface area contributed by atoms with Crippen molar-refractivity contribution < 1.29 is 9.47 Å². The van der Waals surface area contributed by atoms with Crippen molar-refractivity contribution in [2.45, 2.75) is 11.3 Å². The summed E-state index contributed by atoms with van der Waals surface area (Å²) in [5.74, 6) is 4.44. The standard InChI is InChI=1S/C14H21NO2S2/c1-16-6-7-17-12-5-3-2-4-11(12)14(15)13-10-18-8-9-19-13/h2-5,13-14H,6-10,15H2,1H3. The summed E-state index contributed by atoms with van der Waals surface area (Å²) in [6, 6.07) is 8.12. The minimum atomic E-state index is 0.0385. The lowest BCUT2D eigenvalue weighted by Gasteiger charge is -2.28. The molecule has 0 radical (unpaired) electrons. The van der Waals surface area contributed by atoms with Crippen LogP contribution in [0, 0.1) is 0 Å². The van der Waals surface area contributed by atoms with Crippen LogP contribution in [0.5, 0.6) is 5.75 Å². The van der Waals surface area contributed by atoms with Crippen LogP contribution < -0.4 is 10.5 Å². The molecule has 0 bridgehead atoms. The van der Waals surface area contributed by atoms with E-state index in [1.54, 1.807) is 7.11 Å². The van der Waals surface area contributed by atoms with E-state index in [1.165, 1.54) is 11.5 Å². The molecule has 1 aromatic carbocycles. The van der Waals surface area contributed by atoms with Crippen LogP contribution in [-0.4, -0.2) is 42.8 Å². The molecule has 0 spiro atoms. The van der Waals surface area contributed by atoms with Gasteiger partial charge >= 0.3 is 0 Å². The number of rotatable bonds is 6. The number of ether oxygens (including phenoxy) is 2. The number of methoxy groups -OCH3 is 1. The summed E-state index contributed by atoms with van der Waals surface area (Å²) in [7, 11) is 1.68. The van der Waals surface area contributed by atoms with E-state index in [0.717, 1.165) is 17.1 Å². The molecule has 0 saturated carbocycles. The summed E-state index contributed by atoms with van der Waals surface area (Å²) in [6.45, 7) is 1.16. The van der Waals surface area contributed by atoms with Gasteiger partial charge in [0, 0.05) is 41.2 Å². The van der Waals surface area contributed by atoms with E-state index >= 15 is 0 Å². The molecule has 2 unspecified atom stereocenters. The van der Waals surface area contributed by atoms with E-state index in [1.807, 2.05) is 41.7 Å². The van der Waals surface area contributed by atoms with Gasteiger partial charge in [0.25, 0.3) is 0 Å². The number of thioether (sulfide) groups is 2. The molecule has 19 heavy (non-hydrogen) atoms. The lowest BCUT2D eigenvalue weighted by atomic mass is 10.0. The number of benzene rings is 1. The van der Waals surface area contributed by atoms with Crippen LogP contribution >= 0.6 is 23.5 Å². The quantitative estimate of drug-likeness (QED) is 0.818. The van der Waals surface area contributed by atoms with Crippen LogP contribution in [0.2, 0.25) is 0 Å². The van der Waals surface area contributed by atoms with Crippen molar-refractivity contribution in [3.63, 3.8) is 0 Å². The Morgan fingerprint density at radius 3 is 2.89 bits per heavy atom. The van der Waals surface area contributed by atoms with Crippen molar-refractivity contribution in [2.24, 2.45) is 5.73 Å². The second-order valence-corrected chi connectivity index (χ2v) is 6.89. The van der Waals surface area contributed by atoms with Crippen molar-refractivity contribution in [2.75, 3.05) is 37.6 Å². The van der Waals surface area contributed by atoms with E-state index in [-0.39, 0.29) is 6.04 Å². The van der Waals surface area contributed by atoms with Gasteiger partial charge < -0.3 is 15.2 Å². The van der Waals surface area contributed by atoms with Crippen molar-refractivity contribution >= 4 is 23.5 Å². The summed E-state index contributed by atoms with van der Waals surface area (Å²) in [4.78, 5) is 0. The molecule has 1 aromatic rings. The molecule has 0 aromatic heterocycles. The lowest BCUT2D eigenvalue weighted by molar-refractivity contribution is 0.145. The predicted octanol–water partition coefficient (Wildman–Crippen LogP) is 2.56. The first-order valence-corrected chi connectivity index (χ1v) is 8.69. The van der Waals surface area contributed by atoms with Gasteiger partial charge in [0.15, 0.2) is 0 Å². The largest absolute Gasteiger partial charge is 0.491 e. The van der Waals surface area contributed by atoms with E-state index in [4.69, 9.17) is 15.2 Å². The van der Waals surface area contributed by atoms with Gasteiger partial charge in [0.2, 0.25) is 0 Å². The zero-order valence-corrected chi connectivity index (χ0v) is 12.8. The summed E-state index contributed by atoms with van der Waals surface area (Å²) < 4.78 is 10.8. The van der Waals surface area contributed by atoms with Gasteiger partial charge in [-0.2, -0.15) is 23.5 Å². The Labute approximate surface area is 123 Å².